The van der Waals surface area contributed by atoms with Gasteiger partial charge < -0.3 is 15.5 Å². The van der Waals surface area contributed by atoms with Gasteiger partial charge in [0, 0.05) is 24.8 Å². The van der Waals surface area contributed by atoms with Gasteiger partial charge in [0.2, 0.25) is 5.91 Å². The SMILES string of the molecule is CC(=O)Nc1ccccc1C(O)CCCO. The van der Waals surface area contributed by atoms with E-state index in [0.29, 0.717) is 24.1 Å². The van der Waals surface area contributed by atoms with Gasteiger partial charge in [-0.25, -0.2) is 0 Å². The number of benzene rings is 1. The van der Waals surface area contributed by atoms with E-state index < -0.39 is 6.10 Å². The van der Waals surface area contributed by atoms with Crippen LogP contribution >= 0.6 is 0 Å². The molecule has 1 unspecified atom stereocenters. The number of hydrogen-bond acceptors (Lipinski definition) is 3. The molecule has 1 aromatic rings. The predicted molar refractivity (Wildman–Crippen MR) is 62.0 cm³/mol. The molecule has 0 radical (unpaired) electrons. The molecule has 1 rings (SSSR count). The molecule has 88 valence electrons. The third kappa shape index (κ3) is 3.64. The minimum atomic E-state index is -0.657. The standard InChI is InChI=1S/C12H17NO3/c1-9(15)13-11-6-3-2-5-10(11)12(16)7-4-8-14/h2-3,5-6,12,14,16H,4,7-8H2,1H3,(H,13,15). The van der Waals surface area contributed by atoms with Crippen LogP contribution in [0.1, 0.15) is 31.4 Å². The van der Waals surface area contributed by atoms with Gasteiger partial charge in [-0.05, 0) is 18.9 Å². The summed E-state index contributed by atoms with van der Waals surface area (Å²) < 4.78 is 0. The number of nitrogens with one attached hydrogen (secondary N) is 1. The second kappa shape index (κ2) is 6.25. The Balaban J connectivity index is 2.80. The summed E-state index contributed by atoms with van der Waals surface area (Å²) in [5.74, 6) is -0.165. The lowest BCUT2D eigenvalue weighted by atomic mass is 10.0. The van der Waals surface area contributed by atoms with E-state index in [2.05, 4.69) is 5.32 Å². The highest BCUT2D eigenvalue weighted by molar-refractivity contribution is 5.89. The molecular weight excluding hydrogens is 206 g/mol. The van der Waals surface area contributed by atoms with E-state index in [-0.39, 0.29) is 12.5 Å². The third-order valence-corrected chi connectivity index (χ3v) is 2.27. The van der Waals surface area contributed by atoms with Crippen molar-refractivity contribution in [2.45, 2.75) is 25.9 Å². The fourth-order valence-electron chi connectivity index (χ4n) is 1.53. The maximum atomic E-state index is 11.0. The van der Waals surface area contributed by atoms with Crippen LogP contribution in [0.15, 0.2) is 24.3 Å². The Hall–Kier alpha value is -1.39. The minimum absolute atomic E-state index is 0.0549. The van der Waals surface area contributed by atoms with E-state index in [1.54, 1.807) is 18.2 Å². The second-order valence-corrected chi connectivity index (χ2v) is 3.65. The number of hydrogen-bond donors (Lipinski definition) is 3. The maximum absolute atomic E-state index is 11.0. The molecular formula is C12H17NO3. The monoisotopic (exact) mass is 223 g/mol. The van der Waals surface area contributed by atoms with Gasteiger partial charge in [0.25, 0.3) is 0 Å². The van der Waals surface area contributed by atoms with Crippen molar-refractivity contribution < 1.29 is 15.0 Å². The lowest BCUT2D eigenvalue weighted by Crippen LogP contribution is -2.10. The molecule has 1 aromatic carbocycles. The van der Waals surface area contributed by atoms with Crippen molar-refractivity contribution in [2.24, 2.45) is 0 Å². The molecule has 0 aliphatic heterocycles. The summed E-state index contributed by atoms with van der Waals surface area (Å²) in [4.78, 5) is 11.0. The molecule has 4 heteroatoms. The van der Waals surface area contributed by atoms with Gasteiger partial charge in [0.15, 0.2) is 0 Å². The molecule has 1 amide bonds. The van der Waals surface area contributed by atoms with Gasteiger partial charge in [-0.3, -0.25) is 4.79 Å². The summed E-state index contributed by atoms with van der Waals surface area (Å²) >= 11 is 0. The van der Waals surface area contributed by atoms with E-state index in [4.69, 9.17) is 5.11 Å². The minimum Gasteiger partial charge on any atom is -0.396 e. The van der Waals surface area contributed by atoms with Crippen LogP contribution in [0.25, 0.3) is 0 Å². The van der Waals surface area contributed by atoms with Crippen molar-refractivity contribution >= 4 is 11.6 Å². The summed E-state index contributed by atoms with van der Waals surface area (Å²) in [5.41, 5.74) is 1.31. The fourth-order valence-corrected chi connectivity index (χ4v) is 1.53. The van der Waals surface area contributed by atoms with E-state index in [1.165, 1.54) is 6.92 Å². The zero-order valence-electron chi connectivity index (χ0n) is 9.31. The molecule has 0 fully saturated rings. The van der Waals surface area contributed by atoms with Gasteiger partial charge in [0.05, 0.1) is 6.10 Å². The molecule has 3 N–H and O–H groups in total. The first-order valence-electron chi connectivity index (χ1n) is 5.30. The molecule has 0 saturated heterocycles. The molecule has 4 nitrogen and oxygen atoms in total. The van der Waals surface area contributed by atoms with E-state index in [1.807, 2.05) is 6.07 Å². The quantitative estimate of drug-likeness (QED) is 0.707. The third-order valence-electron chi connectivity index (χ3n) is 2.27. The molecule has 0 aliphatic rings. The zero-order chi connectivity index (χ0) is 12.0. The molecule has 0 bridgehead atoms. The van der Waals surface area contributed by atoms with Gasteiger partial charge in [-0.2, -0.15) is 0 Å². The Morgan fingerprint density at radius 2 is 2.12 bits per heavy atom. The van der Waals surface area contributed by atoms with E-state index >= 15 is 0 Å². The average Bonchev–Trinajstić information content (AvgIpc) is 2.26. The lowest BCUT2D eigenvalue weighted by Gasteiger charge is -2.15. The van der Waals surface area contributed by atoms with Crippen LogP contribution in [0.3, 0.4) is 0 Å². The first kappa shape index (κ1) is 12.7. The predicted octanol–water partition coefficient (Wildman–Crippen LogP) is 1.45. The highest BCUT2D eigenvalue weighted by Crippen LogP contribution is 2.25. The van der Waals surface area contributed by atoms with Crippen molar-refractivity contribution in [1.82, 2.24) is 0 Å². The van der Waals surface area contributed by atoms with E-state index in [9.17, 15) is 9.90 Å². The highest BCUT2D eigenvalue weighted by Gasteiger charge is 2.12. The number of amides is 1. The molecule has 0 heterocycles. The Morgan fingerprint density at radius 1 is 1.44 bits per heavy atom. The van der Waals surface area contributed by atoms with Crippen molar-refractivity contribution in [2.75, 3.05) is 11.9 Å². The number of anilines is 1. The topological polar surface area (TPSA) is 69.6 Å². The summed E-state index contributed by atoms with van der Waals surface area (Å²) in [6.07, 6.45) is 0.359. The number of aliphatic hydroxyl groups excluding tert-OH is 2. The molecule has 0 saturated carbocycles. The zero-order valence-corrected chi connectivity index (χ0v) is 9.31. The van der Waals surface area contributed by atoms with Crippen LogP contribution in [-0.4, -0.2) is 22.7 Å². The van der Waals surface area contributed by atoms with Crippen LogP contribution in [0.4, 0.5) is 5.69 Å². The first-order valence-corrected chi connectivity index (χ1v) is 5.30. The number of aliphatic hydroxyl groups is 2. The largest absolute Gasteiger partial charge is 0.396 e. The Bertz CT molecular complexity index is 352. The smallest absolute Gasteiger partial charge is 0.221 e. The molecule has 0 spiro atoms. The normalized spacial score (nSPS) is 12.2. The van der Waals surface area contributed by atoms with Gasteiger partial charge in [0.1, 0.15) is 0 Å². The van der Waals surface area contributed by atoms with Gasteiger partial charge >= 0.3 is 0 Å². The molecule has 16 heavy (non-hydrogen) atoms. The number of carbonyl (C=O) groups excluding carboxylic acids is 1. The summed E-state index contributed by atoms with van der Waals surface area (Å²) in [5, 5.41) is 21.2. The number of para-hydroxylation sites is 1. The van der Waals surface area contributed by atoms with Crippen molar-refractivity contribution in [3.05, 3.63) is 29.8 Å². The van der Waals surface area contributed by atoms with Crippen molar-refractivity contribution in [3.8, 4) is 0 Å². The lowest BCUT2D eigenvalue weighted by molar-refractivity contribution is -0.114. The highest BCUT2D eigenvalue weighted by atomic mass is 16.3. The molecule has 0 aromatic heterocycles. The molecule has 0 aliphatic carbocycles. The van der Waals surface area contributed by atoms with Crippen LogP contribution < -0.4 is 5.32 Å². The Kier molecular flexibility index (Phi) is 4.95. The second-order valence-electron chi connectivity index (χ2n) is 3.65. The van der Waals surface area contributed by atoms with Crippen LogP contribution in [-0.2, 0) is 4.79 Å². The maximum Gasteiger partial charge on any atom is 0.221 e. The molecule has 1 atom stereocenters. The summed E-state index contributed by atoms with van der Waals surface area (Å²) in [6.45, 7) is 1.48. The Labute approximate surface area is 94.9 Å². The first-order chi connectivity index (χ1) is 7.65. The fraction of sp³-hybridized carbons (Fsp3) is 0.417. The van der Waals surface area contributed by atoms with Crippen LogP contribution in [0.5, 0.6) is 0 Å². The van der Waals surface area contributed by atoms with Crippen LogP contribution in [0.2, 0.25) is 0 Å². The Morgan fingerprint density at radius 3 is 2.75 bits per heavy atom. The number of rotatable bonds is 5. The van der Waals surface area contributed by atoms with Gasteiger partial charge in [-0.15, -0.1) is 0 Å². The summed E-state index contributed by atoms with van der Waals surface area (Å²) in [6, 6.07) is 7.13. The van der Waals surface area contributed by atoms with E-state index in [0.717, 1.165) is 0 Å². The van der Waals surface area contributed by atoms with Gasteiger partial charge in [-0.1, -0.05) is 18.2 Å². The van der Waals surface area contributed by atoms with Crippen molar-refractivity contribution in [1.29, 1.82) is 0 Å². The van der Waals surface area contributed by atoms with Crippen LogP contribution in [0, 0.1) is 0 Å². The summed E-state index contributed by atoms with van der Waals surface area (Å²) in [7, 11) is 0. The average molecular weight is 223 g/mol. The van der Waals surface area contributed by atoms with Crippen molar-refractivity contribution in [3.63, 3.8) is 0 Å². The number of carbonyl (C=O) groups is 1.